The Balaban J connectivity index is 2.08. The molecule has 0 unspecified atom stereocenters. The first kappa shape index (κ1) is 7.58. The minimum Gasteiger partial charge on any atom is -0.135 e. The molecule has 1 fully saturated rings. The van der Waals surface area contributed by atoms with Gasteiger partial charge in [-0.25, -0.2) is 0 Å². The van der Waals surface area contributed by atoms with Crippen molar-refractivity contribution < 1.29 is 0 Å². The molecule has 64 valence electrons. The third kappa shape index (κ3) is 1.57. The Kier molecular flexibility index (Phi) is 2.25. The van der Waals surface area contributed by atoms with Crippen LogP contribution in [-0.4, -0.2) is 20.6 Å². The maximum Gasteiger partial charge on any atom is 0.0881 e. The quantitative estimate of drug-likeness (QED) is 0.628. The number of aromatic nitrogens is 4. The van der Waals surface area contributed by atoms with Crippen molar-refractivity contribution in [2.24, 2.45) is 0 Å². The lowest BCUT2D eigenvalue weighted by Gasteiger charge is -2.19. The molecule has 4 nitrogen and oxygen atoms in total. The predicted octanol–water partition coefficient (Wildman–Crippen LogP) is 1.31. The van der Waals surface area contributed by atoms with Crippen LogP contribution in [0.25, 0.3) is 0 Å². The van der Waals surface area contributed by atoms with E-state index < -0.39 is 0 Å². The molecule has 0 N–H and O–H groups in total. The zero-order valence-electron chi connectivity index (χ0n) is 6.98. The van der Waals surface area contributed by atoms with Crippen LogP contribution in [0, 0.1) is 0 Å². The van der Waals surface area contributed by atoms with Gasteiger partial charge in [0.2, 0.25) is 0 Å². The first-order chi connectivity index (χ1) is 5.97. The summed E-state index contributed by atoms with van der Waals surface area (Å²) in [6, 6.07) is 0. The predicted molar refractivity (Wildman–Crippen MR) is 43.4 cm³/mol. The van der Waals surface area contributed by atoms with Gasteiger partial charge >= 0.3 is 0 Å². The lowest BCUT2D eigenvalue weighted by Crippen LogP contribution is -2.08. The summed E-state index contributed by atoms with van der Waals surface area (Å²) in [5, 5.41) is 14.7. The summed E-state index contributed by atoms with van der Waals surface area (Å²) in [6.07, 6.45) is 8.20. The minimum atomic E-state index is 0.585. The minimum absolute atomic E-state index is 0.585. The molecule has 0 aliphatic heterocycles. The van der Waals surface area contributed by atoms with E-state index in [4.69, 9.17) is 0 Å². The third-order valence-corrected chi connectivity index (χ3v) is 2.47. The van der Waals surface area contributed by atoms with E-state index in [-0.39, 0.29) is 0 Å². The molecule has 1 aliphatic rings. The fraction of sp³-hybridized carbons (Fsp3) is 0.750. The van der Waals surface area contributed by atoms with Gasteiger partial charge in [-0.05, 0) is 23.3 Å². The average molecular weight is 164 g/mol. The monoisotopic (exact) mass is 164 g/mol. The van der Waals surface area contributed by atoms with Gasteiger partial charge in [-0.15, -0.1) is 10.2 Å². The van der Waals surface area contributed by atoms with Crippen LogP contribution in [0.15, 0.2) is 6.20 Å². The van der Waals surface area contributed by atoms with Gasteiger partial charge in [-0.1, -0.05) is 19.3 Å². The van der Waals surface area contributed by atoms with E-state index in [1.54, 1.807) is 6.20 Å². The lowest BCUT2D eigenvalue weighted by atomic mass is 9.87. The van der Waals surface area contributed by atoms with Crippen LogP contribution in [0.2, 0.25) is 0 Å². The summed E-state index contributed by atoms with van der Waals surface area (Å²) in [5.74, 6) is 0.585. The Morgan fingerprint density at radius 1 is 1.08 bits per heavy atom. The Morgan fingerprint density at radius 3 is 2.58 bits per heavy atom. The van der Waals surface area contributed by atoms with E-state index in [1.807, 2.05) is 0 Å². The van der Waals surface area contributed by atoms with Crippen LogP contribution in [0.1, 0.15) is 43.7 Å². The highest BCUT2D eigenvalue weighted by molar-refractivity contribution is 5.00. The van der Waals surface area contributed by atoms with Crippen molar-refractivity contribution in [2.75, 3.05) is 0 Å². The smallest absolute Gasteiger partial charge is 0.0881 e. The van der Waals surface area contributed by atoms with Gasteiger partial charge in [0, 0.05) is 5.92 Å². The normalized spacial score (nSPS) is 19.3. The molecule has 1 aromatic rings. The average Bonchev–Trinajstić information content (AvgIpc) is 2.21. The molecule has 2 rings (SSSR count). The molecule has 0 bridgehead atoms. The zero-order chi connectivity index (χ0) is 8.23. The standard InChI is InChI=1S/C8H12N4/c1-2-4-7(5-3-1)8-6-9-11-12-10-8/h6-7H,1-5H2. The number of hydrogen-bond acceptors (Lipinski definition) is 4. The van der Waals surface area contributed by atoms with E-state index in [2.05, 4.69) is 20.6 Å². The second-order valence-corrected chi connectivity index (χ2v) is 3.28. The van der Waals surface area contributed by atoms with E-state index in [0.29, 0.717) is 5.92 Å². The van der Waals surface area contributed by atoms with Crippen LogP contribution in [-0.2, 0) is 0 Å². The van der Waals surface area contributed by atoms with Crippen molar-refractivity contribution in [1.29, 1.82) is 0 Å². The Bertz CT molecular complexity index is 230. The molecule has 1 heterocycles. The van der Waals surface area contributed by atoms with Gasteiger partial charge in [0.25, 0.3) is 0 Å². The van der Waals surface area contributed by atoms with Gasteiger partial charge in [0.15, 0.2) is 0 Å². The molecule has 1 saturated carbocycles. The van der Waals surface area contributed by atoms with Crippen molar-refractivity contribution in [1.82, 2.24) is 20.6 Å². The van der Waals surface area contributed by atoms with Crippen LogP contribution < -0.4 is 0 Å². The molecule has 4 heteroatoms. The second-order valence-electron chi connectivity index (χ2n) is 3.28. The molecule has 1 aliphatic carbocycles. The van der Waals surface area contributed by atoms with Crippen LogP contribution >= 0.6 is 0 Å². The zero-order valence-corrected chi connectivity index (χ0v) is 6.98. The SMILES string of the molecule is c1nnnnc1C1CCCCC1. The van der Waals surface area contributed by atoms with Crippen molar-refractivity contribution in [2.45, 2.75) is 38.0 Å². The summed E-state index contributed by atoms with van der Waals surface area (Å²) < 4.78 is 0. The Labute approximate surface area is 71.4 Å². The second kappa shape index (κ2) is 3.56. The van der Waals surface area contributed by atoms with Crippen molar-refractivity contribution in [3.05, 3.63) is 11.9 Å². The highest BCUT2D eigenvalue weighted by atomic mass is 15.4. The number of hydrogen-bond donors (Lipinski definition) is 0. The van der Waals surface area contributed by atoms with E-state index >= 15 is 0 Å². The maximum absolute atomic E-state index is 3.98. The van der Waals surface area contributed by atoms with Gasteiger partial charge in [0.05, 0.1) is 11.9 Å². The molecule has 1 aromatic heterocycles. The van der Waals surface area contributed by atoms with E-state index in [9.17, 15) is 0 Å². The van der Waals surface area contributed by atoms with E-state index in [0.717, 1.165) is 5.69 Å². The molecule has 0 radical (unpaired) electrons. The number of rotatable bonds is 1. The molecule has 0 atom stereocenters. The summed E-state index contributed by atoms with van der Waals surface area (Å²) in [4.78, 5) is 0. The molecule has 0 amide bonds. The third-order valence-electron chi connectivity index (χ3n) is 2.47. The van der Waals surface area contributed by atoms with Crippen LogP contribution in [0.5, 0.6) is 0 Å². The maximum atomic E-state index is 3.98. The molecular formula is C8H12N4. The summed E-state index contributed by atoms with van der Waals surface area (Å²) in [5.41, 5.74) is 1.02. The Hall–Kier alpha value is -1.06. The summed E-state index contributed by atoms with van der Waals surface area (Å²) in [6.45, 7) is 0. The van der Waals surface area contributed by atoms with Crippen molar-refractivity contribution in [3.8, 4) is 0 Å². The lowest BCUT2D eigenvalue weighted by molar-refractivity contribution is 0.429. The first-order valence-corrected chi connectivity index (χ1v) is 4.48. The van der Waals surface area contributed by atoms with E-state index in [1.165, 1.54) is 32.1 Å². The van der Waals surface area contributed by atoms with Gasteiger partial charge in [0.1, 0.15) is 0 Å². The fourth-order valence-corrected chi connectivity index (χ4v) is 1.79. The highest BCUT2D eigenvalue weighted by Crippen LogP contribution is 2.30. The van der Waals surface area contributed by atoms with Crippen LogP contribution in [0.3, 0.4) is 0 Å². The van der Waals surface area contributed by atoms with Gasteiger partial charge in [-0.3, -0.25) is 0 Å². The molecular weight excluding hydrogens is 152 g/mol. The van der Waals surface area contributed by atoms with Crippen molar-refractivity contribution in [3.63, 3.8) is 0 Å². The summed E-state index contributed by atoms with van der Waals surface area (Å²) >= 11 is 0. The number of nitrogens with zero attached hydrogens (tertiary/aromatic N) is 4. The van der Waals surface area contributed by atoms with Gasteiger partial charge < -0.3 is 0 Å². The van der Waals surface area contributed by atoms with Crippen LogP contribution in [0.4, 0.5) is 0 Å². The molecule has 0 spiro atoms. The molecule has 0 aromatic carbocycles. The Morgan fingerprint density at radius 2 is 1.92 bits per heavy atom. The fourth-order valence-electron chi connectivity index (χ4n) is 1.79. The molecule has 0 saturated heterocycles. The molecule has 12 heavy (non-hydrogen) atoms. The highest BCUT2D eigenvalue weighted by Gasteiger charge is 2.16. The first-order valence-electron chi connectivity index (χ1n) is 4.48. The van der Waals surface area contributed by atoms with Crippen molar-refractivity contribution >= 4 is 0 Å². The largest absolute Gasteiger partial charge is 0.135 e. The summed E-state index contributed by atoms with van der Waals surface area (Å²) in [7, 11) is 0. The topological polar surface area (TPSA) is 51.6 Å². The van der Waals surface area contributed by atoms with Gasteiger partial charge in [-0.2, -0.15) is 0 Å².